The van der Waals surface area contributed by atoms with Gasteiger partial charge in [0.1, 0.15) is 0 Å². The molecule has 2 unspecified atom stereocenters. The molecule has 26 heavy (non-hydrogen) atoms. The Kier molecular flexibility index (Phi) is 6.38. The van der Waals surface area contributed by atoms with Crippen molar-refractivity contribution >= 4 is 17.7 Å². The normalized spacial score (nSPS) is 18.0. The maximum atomic E-state index is 12.4. The van der Waals surface area contributed by atoms with Crippen molar-refractivity contribution in [3.63, 3.8) is 0 Å². The van der Waals surface area contributed by atoms with Gasteiger partial charge in [-0.15, -0.1) is 0 Å². The van der Waals surface area contributed by atoms with Gasteiger partial charge < -0.3 is 14.6 Å². The SMILES string of the molecule is Cc1nc(SCC(=O)NC(C)c2ccccc2)n(CC2CCCO2)c1C. The summed E-state index contributed by atoms with van der Waals surface area (Å²) in [6, 6.07) is 10.0. The number of nitrogens with zero attached hydrogens (tertiary/aromatic N) is 2. The van der Waals surface area contributed by atoms with Crippen molar-refractivity contribution in [1.29, 1.82) is 0 Å². The van der Waals surface area contributed by atoms with Crippen LogP contribution in [0.2, 0.25) is 0 Å². The molecule has 5 nitrogen and oxygen atoms in total. The van der Waals surface area contributed by atoms with Crippen LogP contribution in [0, 0.1) is 13.8 Å². The lowest BCUT2D eigenvalue weighted by Gasteiger charge is -2.16. The number of ether oxygens (including phenoxy) is 1. The van der Waals surface area contributed by atoms with E-state index in [-0.39, 0.29) is 18.1 Å². The molecule has 2 heterocycles. The second-order valence-corrected chi connectivity index (χ2v) is 7.74. The summed E-state index contributed by atoms with van der Waals surface area (Å²) in [5.74, 6) is 0.381. The second kappa shape index (κ2) is 8.73. The fourth-order valence-electron chi connectivity index (χ4n) is 3.18. The molecule has 0 saturated carbocycles. The number of nitrogens with one attached hydrogen (secondary N) is 1. The molecule has 0 aliphatic carbocycles. The Balaban J connectivity index is 1.58. The molecule has 0 radical (unpaired) electrons. The molecule has 1 aromatic heterocycles. The molecule has 1 fully saturated rings. The van der Waals surface area contributed by atoms with Crippen LogP contribution >= 0.6 is 11.8 Å². The molecule has 1 aliphatic rings. The van der Waals surface area contributed by atoms with Crippen LogP contribution in [0.15, 0.2) is 35.5 Å². The molecule has 6 heteroatoms. The van der Waals surface area contributed by atoms with Gasteiger partial charge in [0.15, 0.2) is 5.16 Å². The predicted octanol–water partition coefficient (Wildman–Crippen LogP) is 3.65. The Morgan fingerprint density at radius 1 is 1.38 bits per heavy atom. The maximum absolute atomic E-state index is 12.4. The van der Waals surface area contributed by atoms with E-state index in [9.17, 15) is 4.79 Å². The first-order valence-electron chi connectivity index (χ1n) is 9.17. The fraction of sp³-hybridized carbons (Fsp3) is 0.500. The summed E-state index contributed by atoms with van der Waals surface area (Å²) in [6.07, 6.45) is 2.48. The van der Waals surface area contributed by atoms with Gasteiger partial charge in [0.2, 0.25) is 5.91 Å². The monoisotopic (exact) mass is 373 g/mol. The summed E-state index contributed by atoms with van der Waals surface area (Å²) in [5.41, 5.74) is 3.28. The van der Waals surface area contributed by atoms with E-state index in [0.717, 1.165) is 48.1 Å². The van der Waals surface area contributed by atoms with E-state index < -0.39 is 0 Å². The van der Waals surface area contributed by atoms with Crippen molar-refractivity contribution in [2.45, 2.75) is 57.5 Å². The first kappa shape index (κ1) is 19.0. The minimum absolute atomic E-state index is 0.000550. The van der Waals surface area contributed by atoms with Gasteiger partial charge in [-0.2, -0.15) is 0 Å². The van der Waals surface area contributed by atoms with Gasteiger partial charge in [-0.1, -0.05) is 42.1 Å². The van der Waals surface area contributed by atoms with E-state index in [1.165, 1.54) is 11.8 Å². The van der Waals surface area contributed by atoms with Crippen LogP contribution in [-0.2, 0) is 16.1 Å². The number of aryl methyl sites for hydroxylation is 1. The maximum Gasteiger partial charge on any atom is 0.230 e. The third-order valence-electron chi connectivity index (χ3n) is 4.84. The average Bonchev–Trinajstić information content (AvgIpc) is 3.25. The van der Waals surface area contributed by atoms with Gasteiger partial charge in [0.05, 0.1) is 30.1 Å². The molecule has 2 aromatic rings. The number of thioether (sulfide) groups is 1. The Morgan fingerprint density at radius 3 is 2.85 bits per heavy atom. The summed E-state index contributed by atoms with van der Waals surface area (Å²) in [4.78, 5) is 17.0. The van der Waals surface area contributed by atoms with Crippen LogP contribution in [0.4, 0.5) is 0 Å². The lowest BCUT2D eigenvalue weighted by Crippen LogP contribution is -2.28. The number of carbonyl (C=O) groups is 1. The van der Waals surface area contributed by atoms with E-state index in [0.29, 0.717) is 5.75 Å². The number of hydrogen-bond donors (Lipinski definition) is 1. The molecule has 140 valence electrons. The molecule has 3 rings (SSSR count). The largest absolute Gasteiger partial charge is 0.376 e. The van der Waals surface area contributed by atoms with Crippen LogP contribution < -0.4 is 5.32 Å². The minimum atomic E-state index is -0.000550. The second-order valence-electron chi connectivity index (χ2n) is 6.80. The third kappa shape index (κ3) is 4.68. The highest BCUT2D eigenvalue weighted by Gasteiger charge is 2.21. The van der Waals surface area contributed by atoms with Gasteiger partial charge in [-0.05, 0) is 39.2 Å². The lowest BCUT2D eigenvalue weighted by atomic mass is 10.1. The number of rotatable bonds is 7. The van der Waals surface area contributed by atoms with Gasteiger partial charge in [0, 0.05) is 12.3 Å². The summed E-state index contributed by atoms with van der Waals surface area (Å²) in [7, 11) is 0. The van der Waals surface area contributed by atoms with Gasteiger partial charge >= 0.3 is 0 Å². The molecular formula is C20H27N3O2S. The van der Waals surface area contributed by atoms with Crippen LogP contribution in [0.1, 0.15) is 42.8 Å². The Bertz CT molecular complexity index is 739. The highest BCUT2D eigenvalue weighted by atomic mass is 32.2. The Labute approximate surface area is 159 Å². The molecule has 2 atom stereocenters. The molecule has 1 aliphatic heterocycles. The van der Waals surface area contributed by atoms with Crippen molar-refractivity contribution in [3.05, 3.63) is 47.3 Å². The molecule has 1 saturated heterocycles. The number of imidazole rings is 1. The number of carbonyl (C=O) groups excluding carboxylic acids is 1. The van der Waals surface area contributed by atoms with Gasteiger partial charge in [-0.25, -0.2) is 4.98 Å². The summed E-state index contributed by atoms with van der Waals surface area (Å²) in [6.45, 7) is 7.77. The smallest absolute Gasteiger partial charge is 0.230 e. The van der Waals surface area contributed by atoms with Crippen LogP contribution in [0.25, 0.3) is 0 Å². The van der Waals surface area contributed by atoms with Gasteiger partial charge in [-0.3, -0.25) is 4.79 Å². The van der Waals surface area contributed by atoms with E-state index in [4.69, 9.17) is 4.74 Å². The fourth-order valence-corrected chi connectivity index (χ4v) is 4.09. The first-order valence-corrected chi connectivity index (χ1v) is 10.2. The molecule has 1 aromatic carbocycles. The van der Waals surface area contributed by atoms with Crippen LogP contribution in [0.3, 0.4) is 0 Å². The van der Waals surface area contributed by atoms with E-state index in [1.807, 2.05) is 44.2 Å². The van der Waals surface area contributed by atoms with Crippen LogP contribution in [0.5, 0.6) is 0 Å². The number of aromatic nitrogens is 2. The van der Waals surface area contributed by atoms with Gasteiger partial charge in [0.25, 0.3) is 0 Å². The minimum Gasteiger partial charge on any atom is -0.376 e. The number of benzene rings is 1. The Morgan fingerprint density at radius 2 is 2.15 bits per heavy atom. The summed E-state index contributed by atoms with van der Waals surface area (Å²) >= 11 is 1.49. The highest BCUT2D eigenvalue weighted by Crippen LogP contribution is 2.24. The van der Waals surface area contributed by atoms with Crippen molar-refractivity contribution in [1.82, 2.24) is 14.9 Å². The number of hydrogen-bond acceptors (Lipinski definition) is 4. The summed E-state index contributed by atoms with van der Waals surface area (Å²) in [5, 5.41) is 3.96. The van der Waals surface area contributed by atoms with E-state index in [2.05, 4.69) is 21.8 Å². The molecule has 0 spiro atoms. The topological polar surface area (TPSA) is 56.2 Å². The predicted molar refractivity (Wildman–Crippen MR) is 104 cm³/mol. The quantitative estimate of drug-likeness (QED) is 0.753. The lowest BCUT2D eigenvalue weighted by molar-refractivity contribution is -0.119. The van der Waals surface area contributed by atoms with Crippen LogP contribution in [-0.4, -0.2) is 33.9 Å². The number of amides is 1. The summed E-state index contributed by atoms with van der Waals surface area (Å²) < 4.78 is 7.96. The first-order chi connectivity index (χ1) is 12.5. The molecule has 1 amide bonds. The zero-order valence-corrected chi connectivity index (χ0v) is 16.5. The van der Waals surface area contributed by atoms with Crippen molar-refractivity contribution < 1.29 is 9.53 Å². The van der Waals surface area contributed by atoms with Crippen molar-refractivity contribution in [3.8, 4) is 0 Å². The van der Waals surface area contributed by atoms with E-state index in [1.54, 1.807) is 0 Å². The van der Waals surface area contributed by atoms with Crippen molar-refractivity contribution in [2.75, 3.05) is 12.4 Å². The molecular weight excluding hydrogens is 346 g/mol. The highest BCUT2D eigenvalue weighted by molar-refractivity contribution is 7.99. The standard InChI is InChI=1S/C20H27N3O2S/c1-14-16(3)23(12-18-10-7-11-25-18)20(22-14)26-13-19(24)21-15(2)17-8-5-4-6-9-17/h4-6,8-9,15,18H,7,10-13H2,1-3H3,(H,21,24). The van der Waals surface area contributed by atoms with Crippen molar-refractivity contribution in [2.24, 2.45) is 0 Å². The molecule has 0 bridgehead atoms. The zero-order chi connectivity index (χ0) is 18.5. The zero-order valence-electron chi connectivity index (χ0n) is 15.7. The average molecular weight is 374 g/mol. The Hall–Kier alpha value is -1.79. The van der Waals surface area contributed by atoms with E-state index >= 15 is 0 Å². The third-order valence-corrected chi connectivity index (χ3v) is 5.82. The molecule has 1 N–H and O–H groups in total.